The van der Waals surface area contributed by atoms with Gasteiger partial charge in [-0.3, -0.25) is 11.3 Å². The topological polar surface area (TPSA) is 38.0 Å². The van der Waals surface area contributed by atoms with E-state index in [-0.39, 0.29) is 11.9 Å². The molecule has 0 aliphatic rings. The first kappa shape index (κ1) is 10.7. The van der Waals surface area contributed by atoms with Gasteiger partial charge in [0.2, 0.25) is 0 Å². The molecule has 0 heterocycles. The average molecular weight is 192 g/mol. The van der Waals surface area contributed by atoms with Crippen molar-refractivity contribution in [3.63, 3.8) is 0 Å². The van der Waals surface area contributed by atoms with Crippen LogP contribution in [0.5, 0.6) is 0 Å². The molecule has 1 aromatic rings. The summed E-state index contributed by atoms with van der Waals surface area (Å²) in [6.45, 7) is 1.74. The summed E-state index contributed by atoms with van der Waals surface area (Å²) >= 11 is 0. The molecule has 0 aromatic heterocycles. The lowest BCUT2D eigenvalue weighted by atomic mass is 10.0. The molecule has 2 nitrogen and oxygen atoms in total. The van der Waals surface area contributed by atoms with E-state index >= 15 is 0 Å². The van der Waals surface area contributed by atoms with E-state index in [0.717, 1.165) is 0 Å². The van der Waals surface area contributed by atoms with Crippen molar-refractivity contribution in [1.82, 2.24) is 5.43 Å². The van der Waals surface area contributed by atoms with Gasteiger partial charge in [-0.1, -0.05) is 18.2 Å². The van der Waals surface area contributed by atoms with E-state index in [1.54, 1.807) is 25.1 Å². The van der Waals surface area contributed by atoms with Gasteiger partial charge >= 0.3 is 0 Å². The third-order valence-corrected chi connectivity index (χ3v) is 1.96. The number of benzene rings is 1. The zero-order chi connectivity index (χ0) is 10.4. The van der Waals surface area contributed by atoms with Crippen LogP contribution in [0, 0.1) is 17.7 Å². The molecule has 0 saturated heterocycles. The Bertz CT molecular complexity index is 352. The Kier molecular flexibility index (Phi) is 4.11. The van der Waals surface area contributed by atoms with Crippen LogP contribution in [0.25, 0.3) is 0 Å². The van der Waals surface area contributed by atoms with Gasteiger partial charge in [-0.25, -0.2) is 4.39 Å². The van der Waals surface area contributed by atoms with Crippen LogP contribution in [-0.2, 0) is 0 Å². The van der Waals surface area contributed by atoms with Crippen molar-refractivity contribution in [3.05, 3.63) is 35.6 Å². The second kappa shape index (κ2) is 5.38. The highest BCUT2D eigenvalue weighted by atomic mass is 19.1. The third kappa shape index (κ3) is 2.56. The van der Waals surface area contributed by atoms with Crippen molar-refractivity contribution in [2.24, 2.45) is 5.84 Å². The highest BCUT2D eigenvalue weighted by Gasteiger charge is 2.11. The molecule has 1 rings (SSSR count). The normalized spacial score (nSPS) is 11.6. The largest absolute Gasteiger partial charge is 0.271 e. The summed E-state index contributed by atoms with van der Waals surface area (Å²) < 4.78 is 13.3. The molecule has 0 aliphatic heterocycles. The fourth-order valence-electron chi connectivity index (χ4n) is 1.22. The summed E-state index contributed by atoms with van der Waals surface area (Å²) in [5, 5.41) is 0. The lowest BCUT2D eigenvalue weighted by Gasteiger charge is -2.13. The number of hydrazine groups is 1. The van der Waals surface area contributed by atoms with Crippen LogP contribution >= 0.6 is 0 Å². The summed E-state index contributed by atoms with van der Waals surface area (Å²) in [5.41, 5.74) is 3.10. The van der Waals surface area contributed by atoms with Gasteiger partial charge in [0.15, 0.2) is 0 Å². The van der Waals surface area contributed by atoms with Gasteiger partial charge < -0.3 is 0 Å². The maximum Gasteiger partial charge on any atom is 0.128 e. The van der Waals surface area contributed by atoms with Crippen LogP contribution < -0.4 is 11.3 Å². The van der Waals surface area contributed by atoms with E-state index in [9.17, 15) is 4.39 Å². The predicted octanol–water partition coefficient (Wildman–Crippen LogP) is 1.74. The monoisotopic (exact) mass is 192 g/mol. The molecule has 0 fully saturated rings. The lowest BCUT2D eigenvalue weighted by Crippen LogP contribution is -2.28. The summed E-state index contributed by atoms with van der Waals surface area (Å²) in [6, 6.07) is 6.31. The number of hydrogen-bond acceptors (Lipinski definition) is 2. The van der Waals surface area contributed by atoms with Crippen LogP contribution in [0.2, 0.25) is 0 Å². The Morgan fingerprint density at radius 3 is 2.79 bits per heavy atom. The Morgan fingerprint density at radius 2 is 2.21 bits per heavy atom. The van der Waals surface area contributed by atoms with Crippen molar-refractivity contribution in [1.29, 1.82) is 0 Å². The molecule has 1 unspecified atom stereocenters. The minimum Gasteiger partial charge on any atom is -0.271 e. The second-order valence-corrected chi connectivity index (χ2v) is 2.87. The van der Waals surface area contributed by atoms with Crippen molar-refractivity contribution in [3.8, 4) is 11.8 Å². The molecule has 0 spiro atoms. The standard InChI is InChI=1S/C11H13FN2/c1-2-3-8-11(14-13)9-6-4-5-7-10(9)12/h4-7,11,14H,8,13H2,1H3. The number of hydrogen-bond donors (Lipinski definition) is 2. The molecule has 1 atom stereocenters. The maximum atomic E-state index is 13.3. The minimum absolute atomic E-state index is 0.247. The molecular weight excluding hydrogens is 179 g/mol. The molecule has 0 radical (unpaired) electrons. The Hall–Kier alpha value is -1.37. The fraction of sp³-hybridized carbons (Fsp3) is 0.273. The minimum atomic E-state index is -0.256. The van der Waals surface area contributed by atoms with E-state index in [4.69, 9.17) is 5.84 Å². The summed E-state index contributed by atoms with van der Waals surface area (Å²) in [6.07, 6.45) is 0.508. The number of halogens is 1. The Balaban J connectivity index is 2.87. The van der Waals surface area contributed by atoms with E-state index in [1.807, 2.05) is 0 Å². The van der Waals surface area contributed by atoms with Crippen LogP contribution in [0.15, 0.2) is 24.3 Å². The van der Waals surface area contributed by atoms with E-state index in [0.29, 0.717) is 12.0 Å². The summed E-state index contributed by atoms with van der Waals surface area (Å²) in [4.78, 5) is 0. The molecule has 0 saturated carbocycles. The third-order valence-electron chi connectivity index (χ3n) is 1.96. The highest BCUT2D eigenvalue weighted by Crippen LogP contribution is 2.18. The molecule has 0 aliphatic carbocycles. The van der Waals surface area contributed by atoms with Crippen molar-refractivity contribution < 1.29 is 4.39 Å². The molecule has 0 amide bonds. The first-order valence-electron chi connectivity index (χ1n) is 4.39. The first-order chi connectivity index (χ1) is 6.79. The molecule has 3 heteroatoms. The molecule has 74 valence electrons. The van der Waals surface area contributed by atoms with Crippen LogP contribution in [-0.4, -0.2) is 0 Å². The maximum absolute atomic E-state index is 13.3. The van der Waals surface area contributed by atoms with E-state index in [2.05, 4.69) is 17.3 Å². The Labute approximate surface area is 83.3 Å². The van der Waals surface area contributed by atoms with E-state index < -0.39 is 0 Å². The van der Waals surface area contributed by atoms with Crippen molar-refractivity contribution in [2.45, 2.75) is 19.4 Å². The fourth-order valence-corrected chi connectivity index (χ4v) is 1.22. The zero-order valence-electron chi connectivity index (χ0n) is 8.05. The molecule has 1 aromatic carbocycles. The predicted molar refractivity (Wildman–Crippen MR) is 54.5 cm³/mol. The summed E-state index contributed by atoms with van der Waals surface area (Å²) in [7, 11) is 0. The van der Waals surface area contributed by atoms with Gasteiger partial charge in [0, 0.05) is 12.0 Å². The number of nitrogens with two attached hydrogens (primary N) is 1. The van der Waals surface area contributed by atoms with Crippen molar-refractivity contribution in [2.75, 3.05) is 0 Å². The van der Waals surface area contributed by atoms with Crippen molar-refractivity contribution >= 4 is 0 Å². The molecule has 3 N–H and O–H groups in total. The highest BCUT2D eigenvalue weighted by molar-refractivity contribution is 5.22. The van der Waals surface area contributed by atoms with Gasteiger partial charge in [0.05, 0.1) is 6.04 Å². The zero-order valence-corrected chi connectivity index (χ0v) is 8.05. The lowest BCUT2D eigenvalue weighted by molar-refractivity contribution is 0.521. The molecular formula is C11H13FN2. The Morgan fingerprint density at radius 1 is 1.50 bits per heavy atom. The van der Waals surface area contributed by atoms with Gasteiger partial charge in [0.25, 0.3) is 0 Å². The van der Waals surface area contributed by atoms with Gasteiger partial charge in [0.1, 0.15) is 5.82 Å². The quantitative estimate of drug-likeness (QED) is 0.435. The number of nitrogens with one attached hydrogen (secondary N) is 1. The van der Waals surface area contributed by atoms with Gasteiger partial charge in [-0.15, -0.1) is 11.8 Å². The first-order valence-corrected chi connectivity index (χ1v) is 4.39. The number of rotatable bonds is 3. The van der Waals surface area contributed by atoms with Gasteiger partial charge in [-0.05, 0) is 13.0 Å². The van der Waals surface area contributed by atoms with E-state index in [1.165, 1.54) is 6.07 Å². The van der Waals surface area contributed by atoms with Crippen LogP contribution in [0.1, 0.15) is 24.9 Å². The summed E-state index contributed by atoms with van der Waals surface area (Å²) in [5.74, 6) is 10.7. The van der Waals surface area contributed by atoms with Gasteiger partial charge in [-0.2, -0.15) is 0 Å². The second-order valence-electron chi connectivity index (χ2n) is 2.87. The molecule has 0 bridgehead atoms. The average Bonchev–Trinajstić information content (AvgIpc) is 2.21. The smallest absolute Gasteiger partial charge is 0.128 e. The van der Waals surface area contributed by atoms with Crippen LogP contribution in [0.4, 0.5) is 4.39 Å². The molecule has 14 heavy (non-hydrogen) atoms. The van der Waals surface area contributed by atoms with Crippen LogP contribution in [0.3, 0.4) is 0 Å². The SMILES string of the molecule is CC#CCC(NN)c1ccccc1F.